The van der Waals surface area contributed by atoms with Gasteiger partial charge in [-0.1, -0.05) is 212 Å². The first kappa shape index (κ1) is 71.9. The molecule has 0 spiro atoms. The molecule has 0 bridgehead atoms. The molecular weight excluding hydrogens is 997 g/mol. The number of carboxylic acids is 1. The average molecular weight is 1100 g/mol. The van der Waals surface area contributed by atoms with Crippen molar-refractivity contribution < 1.29 is 58.2 Å². The van der Waals surface area contributed by atoms with E-state index in [0.717, 1.165) is 141 Å². The van der Waals surface area contributed by atoms with Crippen molar-refractivity contribution in [2.24, 2.45) is 0 Å². The summed E-state index contributed by atoms with van der Waals surface area (Å²) in [6, 6.07) is 0. The van der Waals surface area contributed by atoms with E-state index in [1.165, 1.54) is 12.8 Å². The highest BCUT2D eigenvalue weighted by atomic mass is 16.7. The molecule has 0 aromatic carbocycles. The fourth-order valence-electron chi connectivity index (χ4n) is 8.13. The SMILES string of the molecule is CC/C=C\C/C=C\C/C=C\C/C=C\C/C=C\C/C=C\CCC(=O)OCC(COC1OC(C(=O)O)C(O)C(O)C1OC(=O)CCCCCCCC/C=C\C/C=C\C/C=C\C/C=C\CC)OC(=O)CCCCCCC/C=C\CCCC. The van der Waals surface area contributed by atoms with Gasteiger partial charge in [-0.2, -0.15) is 0 Å². The molecule has 0 radical (unpaired) electrons. The van der Waals surface area contributed by atoms with Crippen LogP contribution >= 0.6 is 0 Å². The number of hydrogen-bond acceptors (Lipinski definition) is 11. The Balaban J connectivity index is 2.72. The summed E-state index contributed by atoms with van der Waals surface area (Å²) in [5.41, 5.74) is 0. The zero-order valence-electron chi connectivity index (χ0n) is 48.8. The van der Waals surface area contributed by atoms with Crippen molar-refractivity contribution in [1.82, 2.24) is 0 Å². The maximum absolute atomic E-state index is 13.1. The van der Waals surface area contributed by atoms with Gasteiger partial charge in [0.2, 0.25) is 0 Å². The first-order valence-corrected chi connectivity index (χ1v) is 30.2. The average Bonchev–Trinajstić information content (AvgIpc) is 3.48. The van der Waals surface area contributed by atoms with Gasteiger partial charge in [0.1, 0.15) is 18.8 Å². The van der Waals surface area contributed by atoms with Crippen molar-refractivity contribution in [3.63, 3.8) is 0 Å². The molecule has 79 heavy (non-hydrogen) atoms. The van der Waals surface area contributed by atoms with Crippen molar-refractivity contribution in [3.8, 4) is 0 Å². The van der Waals surface area contributed by atoms with E-state index in [1.54, 1.807) is 0 Å². The Morgan fingerprint density at radius 1 is 0.430 bits per heavy atom. The van der Waals surface area contributed by atoms with E-state index in [1.807, 2.05) is 12.2 Å². The summed E-state index contributed by atoms with van der Waals surface area (Å²) in [6.07, 6.45) is 62.9. The topological polar surface area (TPSA) is 175 Å². The minimum atomic E-state index is -1.93. The Labute approximate surface area is 477 Å². The van der Waals surface area contributed by atoms with Crippen LogP contribution in [-0.2, 0) is 42.9 Å². The third-order valence-electron chi connectivity index (χ3n) is 12.7. The number of aliphatic hydroxyl groups excluding tert-OH is 2. The third kappa shape index (κ3) is 43.4. The molecule has 6 unspecified atom stereocenters. The molecule has 444 valence electrons. The number of ether oxygens (including phenoxy) is 5. The van der Waals surface area contributed by atoms with Crippen LogP contribution in [0.15, 0.2) is 134 Å². The van der Waals surface area contributed by atoms with Crippen LogP contribution in [0.2, 0.25) is 0 Å². The number of carbonyl (C=O) groups is 4. The second kappa shape index (κ2) is 53.5. The Bertz CT molecular complexity index is 1880. The van der Waals surface area contributed by atoms with Crippen molar-refractivity contribution in [2.75, 3.05) is 13.2 Å². The second-order valence-electron chi connectivity index (χ2n) is 19.9. The van der Waals surface area contributed by atoms with E-state index < -0.39 is 67.3 Å². The molecule has 0 aliphatic carbocycles. The molecule has 12 nitrogen and oxygen atoms in total. The molecule has 1 fully saturated rings. The number of carboxylic acid groups (broad SMARTS) is 1. The summed E-state index contributed by atoms with van der Waals surface area (Å²) in [7, 11) is 0. The number of allylic oxidation sites excluding steroid dienone is 22. The van der Waals surface area contributed by atoms with Gasteiger partial charge < -0.3 is 39.0 Å². The van der Waals surface area contributed by atoms with Crippen LogP contribution in [0, 0.1) is 0 Å². The minimum absolute atomic E-state index is 0.0290. The summed E-state index contributed by atoms with van der Waals surface area (Å²) < 4.78 is 28.3. The second-order valence-corrected chi connectivity index (χ2v) is 19.9. The van der Waals surface area contributed by atoms with Crippen molar-refractivity contribution in [1.29, 1.82) is 0 Å². The molecule has 0 aromatic heterocycles. The molecule has 3 N–H and O–H groups in total. The molecule has 0 saturated carbocycles. The molecule has 1 rings (SSSR count). The minimum Gasteiger partial charge on any atom is -0.479 e. The predicted molar refractivity (Wildman–Crippen MR) is 321 cm³/mol. The zero-order chi connectivity index (χ0) is 57.5. The number of aliphatic carboxylic acids is 1. The molecule has 1 aliphatic rings. The van der Waals surface area contributed by atoms with Crippen LogP contribution < -0.4 is 0 Å². The van der Waals surface area contributed by atoms with Gasteiger partial charge in [-0.3, -0.25) is 14.4 Å². The van der Waals surface area contributed by atoms with Crippen LogP contribution in [0.4, 0.5) is 0 Å². The lowest BCUT2D eigenvalue weighted by atomic mass is 9.98. The van der Waals surface area contributed by atoms with Gasteiger partial charge >= 0.3 is 23.9 Å². The lowest BCUT2D eigenvalue weighted by Crippen LogP contribution is -2.61. The van der Waals surface area contributed by atoms with Crippen molar-refractivity contribution >= 4 is 23.9 Å². The van der Waals surface area contributed by atoms with E-state index in [9.17, 15) is 34.5 Å². The van der Waals surface area contributed by atoms with Gasteiger partial charge in [0.25, 0.3) is 0 Å². The van der Waals surface area contributed by atoms with Gasteiger partial charge in [-0.05, 0) is 116 Å². The van der Waals surface area contributed by atoms with E-state index in [4.69, 9.17) is 23.7 Å². The summed E-state index contributed by atoms with van der Waals surface area (Å²) >= 11 is 0. The van der Waals surface area contributed by atoms with E-state index in [0.29, 0.717) is 19.3 Å². The van der Waals surface area contributed by atoms with E-state index in [-0.39, 0.29) is 25.9 Å². The van der Waals surface area contributed by atoms with Gasteiger partial charge in [0, 0.05) is 19.3 Å². The molecule has 1 aliphatic heterocycles. The Hall–Kier alpha value is -5.14. The Kier molecular flexibility index (Phi) is 48.7. The van der Waals surface area contributed by atoms with Gasteiger partial charge in [0.15, 0.2) is 24.6 Å². The predicted octanol–water partition coefficient (Wildman–Crippen LogP) is 15.8. The molecular formula is C67H104O12. The lowest BCUT2D eigenvalue weighted by Gasteiger charge is -2.40. The highest BCUT2D eigenvalue weighted by Gasteiger charge is 2.50. The summed E-state index contributed by atoms with van der Waals surface area (Å²) in [4.78, 5) is 51.1. The van der Waals surface area contributed by atoms with Crippen molar-refractivity contribution in [2.45, 2.75) is 250 Å². The lowest BCUT2D eigenvalue weighted by molar-refractivity contribution is -0.301. The first-order valence-electron chi connectivity index (χ1n) is 30.2. The monoisotopic (exact) mass is 1100 g/mol. The van der Waals surface area contributed by atoms with E-state index >= 15 is 0 Å². The molecule has 1 saturated heterocycles. The smallest absolute Gasteiger partial charge is 0.335 e. The fourth-order valence-corrected chi connectivity index (χ4v) is 8.13. The number of carbonyl (C=O) groups excluding carboxylic acids is 3. The first-order chi connectivity index (χ1) is 38.6. The van der Waals surface area contributed by atoms with Crippen LogP contribution in [0.1, 0.15) is 213 Å². The number of esters is 3. The number of unbranched alkanes of at least 4 members (excludes halogenated alkanes) is 13. The van der Waals surface area contributed by atoms with Gasteiger partial charge in [0.05, 0.1) is 6.61 Å². The summed E-state index contributed by atoms with van der Waals surface area (Å²) in [5.74, 6) is -3.28. The molecule has 0 aromatic rings. The molecule has 6 atom stereocenters. The standard InChI is InChI=1S/C67H104O12/c1-4-7-10-13-16-19-22-24-26-28-30-32-34-36-39-41-44-47-50-53-59(68)75-56-58(77-60(69)54-51-48-45-42-38-21-18-15-12-9-6-3)57-76-67-65(63(72)62(71)64(79-67)66(73)74)78-61(70)55-52-49-46-43-40-37-35-33-31-29-27-25-23-20-17-14-11-8-5-2/h7-8,10-11,15-20,24-27,30-33,36,39,44,47,58,62-65,67,71-72H,4-6,9,12-14,21-23,28-29,34-35,37-38,40-43,45-46,48-57H2,1-3H3,(H,73,74)/b10-7-,11-8-,18-15-,19-16-,20-17-,26-24-,27-25-,32-30-,33-31-,39-36-,47-44-. The van der Waals surface area contributed by atoms with Gasteiger partial charge in [-0.15, -0.1) is 0 Å². The largest absolute Gasteiger partial charge is 0.479 e. The van der Waals surface area contributed by atoms with Crippen LogP contribution in [0.3, 0.4) is 0 Å². The summed E-state index contributed by atoms with van der Waals surface area (Å²) in [6.45, 7) is 5.63. The fraction of sp³-hybridized carbons (Fsp3) is 0.612. The zero-order valence-corrected chi connectivity index (χ0v) is 48.8. The molecule has 1 heterocycles. The quantitative estimate of drug-likeness (QED) is 0.0228. The highest BCUT2D eigenvalue weighted by molar-refractivity contribution is 5.74. The number of hydrogen-bond donors (Lipinski definition) is 3. The highest BCUT2D eigenvalue weighted by Crippen LogP contribution is 2.26. The number of rotatable bonds is 49. The Morgan fingerprint density at radius 3 is 1.28 bits per heavy atom. The van der Waals surface area contributed by atoms with Crippen LogP contribution in [0.25, 0.3) is 0 Å². The van der Waals surface area contributed by atoms with Gasteiger partial charge in [-0.25, -0.2) is 4.79 Å². The molecule has 0 amide bonds. The maximum atomic E-state index is 13.1. The Morgan fingerprint density at radius 2 is 0.823 bits per heavy atom. The maximum Gasteiger partial charge on any atom is 0.335 e. The normalized spacial score (nSPS) is 18.8. The third-order valence-corrected chi connectivity index (χ3v) is 12.7. The van der Waals surface area contributed by atoms with Crippen LogP contribution in [-0.4, -0.2) is 89.2 Å². The van der Waals surface area contributed by atoms with E-state index in [2.05, 4.69) is 142 Å². The summed E-state index contributed by atoms with van der Waals surface area (Å²) in [5, 5.41) is 31.5. The van der Waals surface area contributed by atoms with Crippen LogP contribution in [0.5, 0.6) is 0 Å². The number of aliphatic hydroxyl groups is 2. The van der Waals surface area contributed by atoms with Crippen molar-refractivity contribution in [3.05, 3.63) is 134 Å². The molecule has 12 heteroatoms.